The molecule has 0 saturated carbocycles. The lowest BCUT2D eigenvalue weighted by Gasteiger charge is -2.15. The SMILES string of the molecule is CCCCCc1cccc(Nc2nc(Nc3ccc([N+](=O)[O-])cc3)ncc2C(F)(F)F)c1. The van der Waals surface area contributed by atoms with Crippen LogP contribution in [0.1, 0.15) is 37.3 Å². The lowest BCUT2D eigenvalue weighted by Crippen LogP contribution is -2.12. The van der Waals surface area contributed by atoms with E-state index in [2.05, 4.69) is 27.5 Å². The Labute approximate surface area is 182 Å². The molecule has 2 N–H and O–H groups in total. The van der Waals surface area contributed by atoms with Crippen LogP contribution in [0.3, 0.4) is 0 Å². The largest absolute Gasteiger partial charge is 0.421 e. The van der Waals surface area contributed by atoms with E-state index in [-0.39, 0.29) is 17.5 Å². The van der Waals surface area contributed by atoms with Crippen molar-refractivity contribution in [1.82, 2.24) is 9.97 Å². The van der Waals surface area contributed by atoms with Gasteiger partial charge in [0.2, 0.25) is 5.95 Å². The Morgan fingerprint density at radius 2 is 1.78 bits per heavy atom. The van der Waals surface area contributed by atoms with Crippen molar-refractivity contribution in [3.8, 4) is 0 Å². The maximum atomic E-state index is 13.5. The number of aryl methyl sites for hydroxylation is 1. The molecule has 0 radical (unpaired) electrons. The van der Waals surface area contributed by atoms with Crippen LogP contribution in [0.5, 0.6) is 0 Å². The van der Waals surface area contributed by atoms with E-state index in [1.807, 2.05) is 6.07 Å². The third kappa shape index (κ3) is 6.16. The number of hydrogen-bond donors (Lipinski definition) is 2. The number of nitro groups is 1. The quantitative estimate of drug-likeness (QED) is 0.218. The molecule has 0 amide bonds. The second kappa shape index (κ2) is 10.1. The van der Waals surface area contributed by atoms with Gasteiger partial charge in [-0.05, 0) is 42.7 Å². The summed E-state index contributed by atoms with van der Waals surface area (Å²) in [6.07, 6.45) is 0.0652. The van der Waals surface area contributed by atoms with Crippen LogP contribution < -0.4 is 10.6 Å². The predicted octanol–water partition coefficient (Wildman–Crippen LogP) is 6.62. The molecule has 0 fully saturated rings. The molecule has 0 aliphatic heterocycles. The van der Waals surface area contributed by atoms with Gasteiger partial charge in [-0.1, -0.05) is 31.9 Å². The fourth-order valence-corrected chi connectivity index (χ4v) is 3.06. The molecule has 168 valence electrons. The van der Waals surface area contributed by atoms with Crippen LogP contribution in [0, 0.1) is 10.1 Å². The Morgan fingerprint density at radius 3 is 2.44 bits per heavy atom. The van der Waals surface area contributed by atoms with Crippen molar-refractivity contribution >= 4 is 28.8 Å². The number of alkyl halides is 3. The average Bonchev–Trinajstić information content (AvgIpc) is 2.74. The average molecular weight is 445 g/mol. The molecule has 1 aromatic heterocycles. The minimum Gasteiger partial charge on any atom is -0.340 e. The first-order valence-corrected chi connectivity index (χ1v) is 10.1. The van der Waals surface area contributed by atoms with Crippen molar-refractivity contribution in [3.05, 3.63) is 76.0 Å². The maximum Gasteiger partial charge on any atom is 0.421 e. The predicted molar refractivity (Wildman–Crippen MR) is 116 cm³/mol. The van der Waals surface area contributed by atoms with Gasteiger partial charge in [-0.2, -0.15) is 18.2 Å². The summed E-state index contributed by atoms with van der Waals surface area (Å²) in [7, 11) is 0. The van der Waals surface area contributed by atoms with E-state index >= 15 is 0 Å². The summed E-state index contributed by atoms with van der Waals surface area (Å²) < 4.78 is 40.5. The number of nitrogens with one attached hydrogen (secondary N) is 2. The highest BCUT2D eigenvalue weighted by Crippen LogP contribution is 2.35. The van der Waals surface area contributed by atoms with Gasteiger partial charge in [-0.3, -0.25) is 10.1 Å². The van der Waals surface area contributed by atoms with Gasteiger partial charge in [0.15, 0.2) is 0 Å². The van der Waals surface area contributed by atoms with E-state index in [0.717, 1.165) is 31.2 Å². The Balaban J connectivity index is 1.85. The molecule has 0 aliphatic rings. The molecule has 0 bridgehead atoms. The van der Waals surface area contributed by atoms with Crippen LogP contribution in [0.4, 0.5) is 42.0 Å². The van der Waals surface area contributed by atoms with Gasteiger partial charge in [-0.25, -0.2) is 4.98 Å². The first-order valence-electron chi connectivity index (χ1n) is 10.1. The van der Waals surface area contributed by atoms with E-state index in [0.29, 0.717) is 17.6 Å². The van der Waals surface area contributed by atoms with E-state index in [9.17, 15) is 23.3 Å². The topological polar surface area (TPSA) is 93.0 Å². The standard InChI is InChI=1S/C22H22F3N5O2/c1-2-3-4-6-15-7-5-8-17(13-15)27-20-19(22(23,24)25)14-26-21(29-20)28-16-9-11-18(12-10-16)30(31)32/h5,7-14H,2-4,6H2,1H3,(H2,26,27,28,29). The van der Waals surface area contributed by atoms with Crippen molar-refractivity contribution in [2.45, 2.75) is 38.8 Å². The van der Waals surface area contributed by atoms with Gasteiger partial charge in [-0.15, -0.1) is 0 Å². The fourth-order valence-electron chi connectivity index (χ4n) is 3.06. The summed E-state index contributed by atoms with van der Waals surface area (Å²) in [6, 6.07) is 12.6. The van der Waals surface area contributed by atoms with Gasteiger partial charge in [0, 0.05) is 29.7 Å². The minimum atomic E-state index is -4.65. The number of anilines is 4. The smallest absolute Gasteiger partial charge is 0.340 e. The van der Waals surface area contributed by atoms with Gasteiger partial charge >= 0.3 is 6.18 Å². The van der Waals surface area contributed by atoms with Gasteiger partial charge in [0.1, 0.15) is 11.4 Å². The Hall–Kier alpha value is -3.69. The number of non-ortho nitro benzene ring substituents is 1. The van der Waals surface area contributed by atoms with E-state index in [1.54, 1.807) is 18.2 Å². The number of benzene rings is 2. The summed E-state index contributed by atoms with van der Waals surface area (Å²) in [5, 5.41) is 16.3. The zero-order chi connectivity index (χ0) is 23.1. The summed E-state index contributed by atoms with van der Waals surface area (Å²) in [5.74, 6) is -0.462. The van der Waals surface area contributed by atoms with Crippen LogP contribution in [-0.4, -0.2) is 14.9 Å². The molecule has 7 nitrogen and oxygen atoms in total. The van der Waals surface area contributed by atoms with Crippen LogP contribution >= 0.6 is 0 Å². The molecule has 0 spiro atoms. The third-order valence-electron chi connectivity index (χ3n) is 4.69. The molecule has 3 rings (SSSR count). The van der Waals surface area contributed by atoms with Gasteiger partial charge < -0.3 is 10.6 Å². The monoisotopic (exact) mass is 445 g/mol. The molecule has 32 heavy (non-hydrogen) atoms. The van der Waals surface area contributed by atoms with Crippen LogP contribution in [0.2, 0.25) is 0 Å². The number of nitro benzene ring substituents is 1. The molecule has 0 unspecified atom stereocenters. The molecular formula is C22H22F3N5O2. The number of nitrogens with zero attached hydrogens (tertiary/aromatic N) is 3. The minimum absolute atomic E-state index is 0.0755. The van der Waals surface area contributed by atoms with Gasteiger partial charge in [0.05, 0.1) is 4.92 Å². The zero-order valence-corrected chi connectivity index (χ0v) is 17.3. The Bertz CT molecular complexity index is 1070. The molecule has 1 heterocycles. The van der Waals surface area contributed by atoms with Crippen molar-refractivity contribution in [2.75, 3.05) is 10.6 Å². The second-order valence-corrected chi connectivity index (χ2v) is 7.17. The van der Waals surface area contributed by atoms with Crippen molar-refractivity contribution in [3.63, 3.8) is 0 Å². The molecule has 0 saturated heterocycles. The third-order valence-corrected chi connectivity index (χ3v) is 4.69. The first kappa shape index (κ1) is 23.0. The summed E-state index contributed by atoms with van der Waals surface area (Å²) in [4.78, 5) is 18.0. The molecular weight excluding hydrogens is 423 g/mol. The summed E-state index contributed by atoms with van der Waals surface area (Å²) in [6.45, 7) is 2.11. The maximum absolute atomic E-state index is 13.5. The summed E-state index contributed by atoms with van der Waals surface area (Å²) >= 11 is 0. The highest BCUT2D eigenvalue weighted by Gasteiger charge is 2.35. The van der Waals surface area contributed by atoms with Crippen LogP contribution in [-0.2, 0) is 12.6 Å². The molecule has 0 atom stereocenters. The van der Waals surface area contributed by atoms with Crippen molar-refractivity contribution in [1.29, 1.82) is 0 Å². The summed E-state index contributed by atoms with van der Waals surface area (Å²) in [5.41, 5.74) is 0.812. The highest BCUT2D eigenvalue weighted by atomic mass is 19.4. The molecule has 2 aromatic carbocycles. The number of hydrogen-bond acceptors (Lipinski definition) is 6. The normalized spacial score (nSPS) is 11.2. The molecule has 3 aromatic rings. The molecule has 0 aliphatic carbocycles. The fraction of sp³-hybridized carbons (Fsp3) is 0.273. The van der Waals surface area contributed by atoms with E-state index in [4.69, 9.17) is 0 Å². The number of halogens is 3. The van der Waals surface area contributed by atoms with Crippen molar-refractivity contribution < 1.29 is 18.1 Å². The Kier molecular flexibility index (Phi) is 7.24. The van der Waals surface area contributed by atoms with E-state index < -0.39 is 16.7 Å². The molecule has 10 heteroatoms. The van der Waals surface area contributed by atoms with E-state index in [1.165, 1.54) is 24.3 Å². The second-order valence-electron chi connectivity index (χ2n) is 7.17. The number of aromatic nitrogens is 2. The lowest BCUT2D eigenvalue weighted by molar-refractivity contribution is -0.384. The number of rotatable bonds is 9. The van der Waals surface area contributed by atoms with Crippen molar-refractivity contribution in [2.24, 2.45) is 0 Å². The zero-order valence-electron chi connectivity index (χ0n) is 17.3. The van der Waals surface area contributed by atoms with Gasteiger partial charge in [0.25, 0.3) is 5.69 Å². The number of unbranched alkanes of at least 4 members (excludes halogenated alkanes) is 2. The van der Waals surface area contributed by atoms with Crippen LogP contribution in [0.15, 0.2) is 54.7 Å². The lowest BCUT2D eigenvalue weighted by atomic mass is 10.1. The first-order chi connectivity index (χ1) is 15.3. The highest BCUT2D eigenvalue weighted by molar-refractivity contribution is 5.63. The van der Waals surface area contributed by atoms with Crippen LogP contribution in [0.25, 0.3) is 0 Å². The Morgan fingerprint density at radius 1 is 1.03 bits per heavy atom.